The molecule has 1 aromatic heterocycles. The largest absolute Gasteiger partial charge is 0.493 e. The Hall–Kier alpha value is -1.33. The van der Waals surface area contributed by atoms with Crippen molar-refractivity contribution in [2.75, 3.05) is 7.11 Å². The third kappa shape index (κ3) is 2.67. The Morgan fingerprint density at radius 3 is 2.79 bits per heavy atom. The van der Waals surface area contributed by atoms with Crippen molar-refractivity contribution in [3.05, 3.63) is 45.7 Å². The Bertz CT molecular complexity index is 559. The summed E-state index contributed by atoms with van der Waals surface area (Å²) in [5, 5.41) is 4.29. The number of aromatic nitrogens is 2. The number of nitrogens with two attached hydrogens (primary N) is 1. The van der Waals surface area contributed by atoms with Crippen LogP contribution in [-0.2, 0) is 6.54 Å². The van der Waals surface area contributed by atoms with Gasteiger partial charge in [0, 0.05) is 11.0 Å². The van der Waals surface area contributed by atoms with Crippen LogP contribution in [-0.4, -0.2) is 16.9 Å². The van der Waals surface area contributed by atoms with Crippen LogP contribution in [0.15, 0.2) is 28.9 Å². The molecule has 2 N–H and O–H groups in total. The monoisotopic (exact) mass is 323 g/mol. The topological polar surface area (TPSA) is 53.1 Å². The second-order valence-corrected chi connectivity index (χ2v) is 5.25. The maximum Gasteiger partial charge on any atom is 0.161 e. The molecule has 0 aliphatic carbocycles. The van der Waals surface area contributed by atoms with Crippen LogP contribution in [0.4, 0.5) is 0 Å². The van der Waals surface area contributed by atoms with Crippen molar-refractivity contribution >= 4 is 15.9 Å². The van der Waals surface area contributed by atoms with Gasteiger partial charge in [-0.05, 0) is 31.0 Å². The Labute approximate surface area is 121 Å². The first-order chi connectivity index (χ1) is 9.08. The lowest BCUT2D eigenvalue weighted by molar-refractivity contribution is 0.404. The highest BCUT2D eigenvalue weighted by Crippen LogP contribution is 2.30. The summed E-state index contributed by atoms with van der Waals surface area (Å²) in [5.41, 5.74) is 9.49. The van der Waals surface area contributed by atoms with Crippen molar-refractivity contribution in [2.45, 2.75) is 26.4 Å². The molecular formula is C14H18BrN3O. The second-order valence-electron chi connectivity index (χ2n) is 4.40. The van der Waals surface area contributed by atoms with Gasteiger partial charge in [-0.25, -0.2) is 0 Å². The summed E-state index contributed by atoms with van der Waals surface area (Å²) in [4.78, 5) is 0. The van der Waals surface area contributed by atoms with E-state index < -0.39 is 0 Å². The summed E-state index contributed by atoms with van der Waals surface area (Å²) >= 11 is 3.54. The summed E-state index contributed by atoms with van der Waals surface area (Å²) < 4.78 is 8.28. The first-order valence-electron chi connectivity index (χ1n) is 6.19. The number of hydrogen-bond donors (Lipinski definition) is 1. The summed E-state index contributed by atoms with van der Waals surface area (Å²) in [6.45, 7) is 4.85. The van der Waals surface area contributed by atoms with E-state index >= 15 is 0 Å². The molecule has 1 atom stereocenters. The van der Waals surface area contributed by atoms with Gasteiger partial charge in [-0.3, -0.25) is 4.68 Å². The third-order valence-electron chi connectivity index (χ3n) is 3.21. The molecule has 0 spiro atoms. The van der Waals surface area contributed by atoms with E-state index in [4.69, 9.17) is 10.5 Å². The molecule has 102 valence electrons. The standard InChI is InChI=1S/C14H18BrN3O/c1-4-18-14(12(19-3)8-17-18)13(16)10-6-5-9(2)11(15)7-10/h5-8,13H,4,16H2,1-3H3. The van der Waals surface area contributed by atoms with Crippen LogP contribution < -0.4 is 10.5 Å². The minimum atomic E-state index is -0.255. The van der Waals surface area contributed by atoms with Crippen LogP contribution in [0.2, 0.25) is 0 Å². The van der Waals surface area contributed by atoms with Crippen molar-refractivity contribution in [1.82, 2.24) is 9.78 Å². The fraction of sp³-hybridized carbons (Fsp3) is 0.357. The fourth-order valence-electron chi connectivity index (χ4n) is 2.06. The predicted molar refractivity (Wildman–Crippen MR) is 79.4 cm³/mol. The zero-order chi connectivity index (χ0) is 14.0. The van der Waals surface area contributed by atoms with E-state index in [0.29, 0.717) is 0 Å². The van der Waals surface area contributed by atoms with Gasteiger partial charge < -0.3 is 10.5 Å². The highest BCUT2D eigenvalue weighted by molar-refractivity contribution is 9.10. The van der Waals surface area contributed by atoms with Crippen molar-refractivity contribution in [3.63, 3.8) is 0 Å². The van der Waals surface area contributed by atoms with E-state index in [0.717, 1.165) is 28.0 Å². The van der Waals surface area contributed by atoms with Crippen molar-refractivity contribution in [1.29, 1.82) is 0 Å². The minimum Gasteiger partial charge on any atom is -0.493 e. The molecule has 1 aromatic carbocycles. The number of methoxy groups -OCH3 is 1. The maximum absolute atomic E-state index is 6.37. The normalized spacial score (nSPS) is 12.5. The Morgan fingerprint density at radius 1 is 1.47 bits per heavy atom. The Kier molecular flexibility index (Phi) is 4.27. The smallest absolute Gasteiger partial charge is 0.161 e. The summed E-state index contributed by atoms with van der Waals surface area (Å²) in [7, 11) is 1.64. The Morgan fingerprint density at radius 2 is 2.21 bits per heavy atom. The summed E-state index contributed by atoms with van der Waals surface area (Å²) in [5.74, 6) is 0.728. The molecule has 0 amide bonds. The van der Waals surface area contributed by atoms with Crippen LogP contribution in [0.1, 0.15) is 29.8 Å². The Balaban J connectivity index is 2.45. The quantitative estimate of drug-likeness (QED) is 0.940. The third-order valence-corrected chi connectivity index (χ3v) is 4.07. The predicted octanol–water partition coefficient (Wildman–Crippen LogP) is 3.03. The van der Waals surface area contributed by atoms with Gasteiger partial charge >= 0.3 is 0 Å². The van der Waals surface area contributed by atoms with Gasteiger partial charge in [0.2, 0.25) is 0 Å². The van der Waals surface area contributed by atoms with Gasteiger partial charge in [-0.1, -0.05) is 28.1 Å². The molecule has 0 saturated heterocycles. The van der Waals surface area contributed by atoms with E-state index in [1.807, 2.05) is 23.7 Å². The molecule has 1 heterocycles. The van der Waals surface area contributed by atoms with Gasteiger partial charge in [0.1, 0.15) is 5.69 Å². The first kappa shape index (κ1) is 14.1. The van der Waals surface area contributed by atoms with Crippen LogP contribution in [0, 0.1) is 6.92 Å². The minimum absolute atomic E-state index is 0.255. The molecule has 0 saturated carbocycles. The van der Waals surface area contributed by atoms with Crippen LogP contribution >= 0.6 is 15.9 Å². The molecular weight excluding hydrogens is 306 g/mol. The van der Waals surface area contributed by atoms with E-state index in [1.165, 1.54) is 5.56 Å². The number of halogens is 1. The van der Waals surface area contributed by atoms with Crippen LogP contribution in [0.5, 0.6) is 5.75 Å². The van der Waals surface area contributed by atoms with Gasteiger partial charge in [0.05, 0.1) is 19.3 Å². The average Bonchev–Trinajstić information content (AvgIpc) is 2.83. The zero-order valence-corrected chi connectivity index (χ0v) is 12.9. The highest BCUT2D eigenvalue weighted by atomic mass is 79.9. The molecule has 0 radical (unpaired) electrons. The number of aryl methyl sites for hydroxylation is 2. The summed E-state index contributed by atoms with van der Waals surface area (Å²) in [6.07, 6.45) is 1.71. The average molecular weight is 324 g/mol. The van der Waals surface area contributed by atoms with Crippen molar-refractivity contribution < 1.29 is 4.74 Å². The number of benzene rings is 1. The van der Waals surface area contributed by atoms with Crippen molar-refractivity contribution in [3.8, 4) is 5.75 Å². The second kappa shape index (κ2) is 5.75. The van der Waals surface area contributed by atoms with E-state index in [1.54, 1.807) is 13.3 Å². The van der Waals surface area contributed by atoms with E-state index in [2.05, 4.69) is 34.0 Å². The van der Waals surface area contributed by atoms with Crippen LogP contribution in [0.3, 0.4) is 0 Å². The SMILES string of the molecule is CCn1ncc(OC)c1C(N)c1ccc(C)c(Br)c1. The highest BCUT2D eigenvalue weighted by Gasteiger charge is 2.20. The molecule has 5 heteroatoms. The lowest BCUT2D eigenvalue weighted by Crippen LogP contribution is -2.18. The molecule has 0 bridgehead atoms. The number of rotatable bonds is 4. The van der Waals surface area contributed by atoms with Gasteiger partial charge in [0.15, 0.2) is 5.75 Å². The number of nitrogens with zero attached hydrogens (tertiary/aromatic N) is 2. The molecule has 0 aliphatic heterocycles. The maximum atomic E-state index is 6.37. The van der Waals surface area contributed by atoms with E-state index in [-0.39, 0.29) is 6.04 Å². The van der Waals surface area contributed by atoms with Gasteiger partial charge in [0.25, 0.3) is 0 Å². The molecule has 0 fully saturated rings. The summed E-state index contributed by atoms with van der Waals surface area (Å²) in [6, 6.07) is 5.89. The van der Waals surface area contributed by atoms with E-state index in [9.17, 15) is 0 Å². The molecule has 19 heavy (non-hydrogen) atoms. The van der Waals surface area contributed by atoms with Crippen molar-refractivity contribution in [2.24, 2.45) is 5.73 Å². The fourth-order valence-corrected chi connectivity index (χ4v) is 2.46. The first-order valence-corrected chi connectivity index (χ1v) is 6.99. The molecule has 4 nitrogen and oxygen atoms in total. The number of hydrogen-bond acceptors (Lipinski definition) is 3. The van der Waals surface area contributed by atoms with Gasteiger partial charge in [-0.15, -0.1) is 0 Å². The lowest BCUT2D eigenvalue weighted by Gasteiger charge is -2.16. The molecule has 2 aromatic rings. The molecule has 1 unspecified atom stereocenters. The number of ether oxygens (including phenoxy) is 1. The lowest BCUT2D eigenvalue weighted by atomic mass is 10.0. The molecule has 0 aliphatic rings. The molecule has 2 rings (SSSR count). The van der Waals surface area contributed by atoms with Gasteiger partial charge in [-0.2, -0.15) is 5.10 Å². The zero-order valence-electron chi connectivity index (χ0n) is 11.4. The van der Waals surface area contributed by atoms with Crippen LogP contribution in [0.25, 0.3) is 0 Å².